The highest BCUT2D eigenvalue weighted by Gasteiger charge is 2.19. The molecule has 0 unspecified atom stereocenters. The summed E-state index contributed by atoms with van der Waals surface area (Å²) in [5.41, 5.74) is 1.63. The summed E-state index contributed by atoms with van der Waals surface area (Å²) < 4.78 is 38.9. The first kappa shape index (κ1) is 21.3. The number of hydrogen-bond acceptors (Lipinski definition) is 3. The number of carbonyl (C=O) groups excluding carboxylic acids is 1. The number of carbonyl (C=O) groups is 1. The molecule has 1 aliphatic carbocycles. The van der Waals surface area contributed by atoms with Crippen molar-refractivity contribution in [2.75, 3.05) is 17.1 Å². The Morgan fingerprint density at radius 1 is 1.03 bits per heavy atom. The number of anilines is 1. The molecule has 2 aromatic rings. The van der Waals surface area contributed by atoms with Crippen LogP contribution >= 0.6 is 0 Å². The van der Waals surface area contributed by atoms with Crippen molar-refractivity contribution < 1.29 is 17.6 Å². The van der Waals surface area contributed by atoms with Gasteiger partial charge >= 0.3 is 0 Å². The van der Waals surface area contributed by atoms with E-state index in [0.29, 0.717) is 29.3 Å². The van der Waals surface area contributed by atoms with Crippen LogP contribution in [0.2, 0.25) is 0 Å². The molecule has 1 N–H and O–H groups in total. The molecule has 0 spiro atoms. The zero-order valence-electron chi connectivity index (χ0n) is 16.6. The van der Waals surface area contributed by atoms with E-state index in [2.05, 4.69) is 5.32 Å². The maximum absolute atomic E-state index is 13.1. The van der Waals surface area contributed by atoms with Gasteiger partial charge in [0, 0.05) is 12.1 Å². The third-order valence-corrected chi connectivity index (χ3v) is 6.47. The summed E-state index contributed by atoms with van der Waals surface area (Å²) in [5, 5.41) is 2.99. The maximum atomic E-state index is 13.1. The lowest BCUT2D eigenvalue weighted by atomic mass is 9.89. The van der Waals surface area contributed by atoms with Gasteiger partial charge in [0.15, 0.2) is 0 Å². The largest absolute Gasteiger partial charge is 0.352 e. The molecule has 1 amide bonds. The highest BCUT2D eigenvalue weighted by molar-refractivity contribution is 7.92. The van der Waals surface area contributed by atoms with Crippen molar-refractivity contribution in [3.8, 4) is 0 Å². The Morgan fingerprint density at radius 2 is 1.66 bits per heavy atom. The molecule has 1 saturated carbocycles. The second-order valence-corrected chi connectivity index (χ2v) is 9.56. The Hall–Kier alpha value is -2.41. The van der Waals surface area contributed by atoms with Crippen molar-refractivity contribution >= 4 is 21.6 Å². The van der Waals surface area contributed by atoms with Gasteiger partial charge in [0.2, 0.25) is 10.0 Å². The molecule has 5 nitrogen and oxygen atoms in total. The van der Waals surface area contributed by atoms with E-state index in [1.54, 1.807) is 36.4 Å². The van der Waals surface area contributed by atoms with Crippen LogP contribution in [0.5, 0.6) is 0 Å². The number of rotatable bonds is 7. The number of nitrogens with one attached hydrogen (secondary N) is 1. The molecule has 0 heterocycles. The Kier molecular flexibility index (Phi) is 6.90. The fourth-order valence-corrected chi connectivity index (χ4v) is 4.55. The third-order valence-electron chi connectivity index (χ3n) is 5.33. The van der Waals surface area contributed by atoms with Gasteiger partial charge in [-0.1, -0.05) is 31.4 Å². The number of nitrogens with zero attached hydrogens (tertiary/aromatic N) is 1. The quantitative estimate of drug-likeness (QED) is 0.736. The van der Waals surface area contributed by atoms with Gasteiger partial charge in [-0.15, -0.1) is 0 Å². The molecule has 1 aliphatic rings. The average Bonchev–Trinajstić information content (AvgIpc) is 2.71. The zero-order chi connectivity index (χ0) is 20.9. The summed E-state index contributed by atoms with van der Waals surface area (Å²) in [4.78, 5) is 12.4. The van der Waals surface area contributed by atoms with Crippen LogP contribution in [0.3, 0.4) is 0 Å². The van der Waals surface area contributed by atoms with Gasteiger partial charge in [-0.25, -0.2) is 12.8 Å². The fourth-order valence-electron chi connectivity index (χ4n) is 3.67. The van der Waals surface area contributed by atoms with E-state index >= 15 is 0 Å². The van der Waals surface area contributed by atoms with Crippen LogP contribution in [0.25, 0.3) is 0 Å². The molecule has 2 aromatic carbocycles. The monoisotopic (exact) mass is 418 g/mol. The first-order valence-electron chi connectivity index (χ1n) is 9.93. The Balaban J connectivity index is 1.68. The highest BCUT2D eigenvalue weighted by atomic mass is 32.2. The van der Waals surface area contributed by atoms with E-state index in [1.807, 2.05) is 0 Å². The SMILES string of the molecule is CS(=O)(=O)N(Cc1ccc(F)cc1)c1ccc(C(=O)NCC2CCCCC2)cc1. The van der Waals surface area contributed by atoms with E-state index in [-0.39, 0.29) is 18.3 Å². The smallest absolute Gasteiger partial charge is 0.251 e. The van der Waals surface area contributed by atoms with Crippen LogP contribution in [0.4, 0.5) is 10.1 Å². The molecule has 0 saturated heterocycles. The topological polar surface area (TPSA) is 66.5 Å². The van der Waals surface area contributed by atoms with Gasteiger partial charge in [-0.05, 0) is 60.7 Å². The Labute approximate surface area is 172 Å². The first-order chi connectivity index (χ1) is 13.8. The molecule has 3 rings (SSSR count). The van der Waals surface area contributed by atoms with Crippen LogP contribution in [-0.2, 0) is 16.6 Å². The van der Waals surface area contributed by atoms with Crippen molar-refractivity contribution in [1.82, 2.24) is 5.32 Å². The summed E-state index contributed by atoms with van der Waals surface area (Å²) in [6.07, 6.45) is 7.18. The van der Waals surface area contributed by atoms with Gasteiger partial charge in [0.25, 0.3) is 5.91 Å². The zero-order valence-corrected chi connectivity index (χ0v) is 17.4. The summed E-state index contributed by atoms with van der Waals surface area (Å²) in [6.45, 7) is 0.771. The third kappa shape index (κ3) is 6.03. The minimum atomic E-state index is -3.55. The van der Waals surface area contributed by atoms with Crippen LogP contribution < -0.4 is 9.62 Å². The normalized spacial score (nSPS) is 15.1. The predicted molar refractivity (Wildman–Crippen MR) is 113 cm³/mol. The van der Waals surface area contributed by atoms with Gasteiger partial charge < -0.3 is 5.32 Å². The van der Waals surface area contributed by atoms with Crippen molar-refractivity contribution in [2.45, 2.75) is 38.6 Å². The molecule has 7 heteroatoms. The van der Waals surface area contributed by atoms with Crippen LogP contribution in [0.1, 0.15) is 48.0 Å². The predicted octanol–water partition coefficient (Wildman–Crippen LogP) is 4.10. The first-order valence-corrected chi connectivity index (χ1v) is 11.8. The molecule has 0 bridgehead atoms. The van der Waals surface area contributed by atoms with Crippen molar-refractivity contribution in [1.29, 1.82) is 0 Å². The minimum Gasteiger partial charge on any atom is -0.352 e. The molecule has 0 radical (unpaired) electrons. The van der Waals surface area contributed by atoms with E-state index < -0.39 is 10.0 Å². The van der Waals surface area contributed by atoms with E-state index in [1.165, 1.54) is 35.7 Å². The molecular formula is C22H27FN2O3S. The van der Waals surface area contributed by atoms with Gasteiger partial charge in [0.1, 0.15) is 5.82 Å². The van der Waals surface area contributed by atoms with Crippen LogP contribution in [0, 0.1) is 11.7 Å². The number of sulfonamides is 1. The van der Waals surface area contributed by atoms with E-state index in [0.717, 1.165) is 19.1 Å². The number of hydrogen-bond donors (Lipinski definition) is 1. The maximum Gasteiger partial charge on any atom is 0.251 e. The second-order valence-electron chi connectivity index (χ2n) is 7.66. The Morgan fingerprint density at radius 3 is 2.24 bits per heavy atom. The summed E-state index contributed by atoms with van der Waals surface area (Å²) >= 11 is 0. The van der Waals surface area contributed by atoms with Crippen molar-refractivity contribution in [3.05, 3.63) is 65.5 Å². The Bertz CT molecular complexity index is 922. The van der Waals surface area contributed by atoms with Gasteiger partial charge in [-0.3, -0.25) is 9.10 Å². The summed E-state index contributed by atoms with van der Waals surface area (Å²) in [6, 6.07) is 12.2. The highest BCUT2D eigenvalue weighted by Crippen LogP contribution is 2.24. The number of halogens is 1. The molecule has 156 valence electrons. The van der Waals surface area contributed by atoms with Crippen molar-refractivity contribution in [2.24, 2.45) is 5.92 Å². The minimum absolute atomic E-state index is 0.0896. The molecule has 1 fully saturated rings. The van der Waals surface area contributed by atoms with Crippen LogP contribution in [0.15, 0.2) is 48.5 Å². The van der Waals surface area contributed by atoms with E-state index in [9.17, 15) is 17.6 Å². The second kappa shape index (κ2) is 9.39. The molecule has 0 aliphatic heterocycles. The number of amides is 1. The molecule has 0 atom stereocenters. The fraction of sp³-hybridized carbons (Fsp3) is 0.409. The number of benzene rings is 2. The lowest BCUT2D eigenvalue weighted by Gasteiger charge is -2.23. The summed E-state index contributed by atoms with van der Waals surface area (Å²) in [7, 11) is -3.55. The van der Waals surface area contributed by atoms with Crippen molar-refractivity contribution in [3.63, 3.8) is 0 Å². The lowest BCUT2D eigenvalue weighted by Crippen LogP contribution is -2.31. The average molecular weight is 419 g/mol. The summed E-state index contributed by atoms with van der Waals surface area (Å²) in [5.74, 6) is 0.0261. The molecule has 0 aromatic heterocycles. The van der Waals surface area contributed by atoms with Crippen LogP contribution in [-0.4, -0.2) is 27.1 Å². The van der Waals surface area contributed by atoms with Gasteiger partial charge in [0.05, 0.1) is 18.5 Å². The van der Waals surface area contributed by atoms with E-state index in [4.69, 9.17) is 0 Å². The van der Waals surface area contributed by atoms with Gasteiger partial charge in [-0.2, -0.15) is 0 Å². The molecular weight excluding hydrogens is 391 g/mol. The lowest BCUT2D eigenvalue weighted by molar-refractivity contribution is 0.0943. The molecule has 29 heavy (non-hydrogen) atoms. The standard InChI is InChI=1S/C22H27FN2O3S/c1-29(27,28)25(16-18-7-11-20(23)12-8-18)21-13-9-19(10-14-21)22(26)24-15-17-5-3-2-4-6-17/h7-14,17H,2-6,15-16H2,1H3,(H,24,26).